The minimum atomic E-state index is -0.283. The van der Waals surface area contributed by atoms with Crippen LogP contribution in [0.5, 0.6) is 0 Å². The lowest BCUT2D eigenvalue weighted by atomic mass is 10.2. The molecule has 0 aliphatic rings. The number of hydrogen-bond acceptors (Lipinski definition) is 3. The Kier molecular flexibility index (Phi) is 4.80. The summed E-state index contributed by atoms with van der Waals surface area (Å²) < 4.78 is 2.05. The van der Waals surface area contributed by atoms with Crippen LogP contribution in [0, 0.1) is 0 Å². The third-order valence-electron chi connectivity index (χ3n) is 3.22. The summed E-state index contributed by atoms with van der Waals surface area (Å²) in [6, 6.07) is 5.71. The average Bonchev–Trinajstić information content (AvgIpc) is 2.66. The number of fused-ring (bicyclic) bond motifs is 1. The third-order valence-corrected chi connectivity index (χ3v) is 3.46. The Hall–Kier alpha value is -1.10. The molecule has 0 amide bonds. The smallest absolute Gasteiger partial charge is 0.123 e. The monoisotopic (exact) mass is 281 g/mol. The number of aromatic nitrogens is 2. The van der Waals surface area contributed by atoms with Gasteiger partial charge in [-0.3, -0.25) is 0 Å². The first-order chi connectivity index (χ1) is 9.11. The molecule has 0 aliphatic heterocycles. The maximum absolute atomic E-state index is 9.67. The minimum absolute atomic E-state index is 0.283. The largest absolute Gasteiger partial charge is 0.392 e. The van der Waals surface area contributed by atoms with E-state index in [1.807, 2.05) is 29.8 Å². The molecule has 1 unspecified atom stereocenters. The van der Waals surface area contributed by atoms with E-state index >= 15 is 0 Å². The third kappa shape index (κ3) is 3.47. The maximum atomic E-state index is 9.67. The van der Waals surface area contributed by atoms with Gasteiger partial charge in [-0.25, -0.2) is 4.98 Å². The van der Waals surface area contributed by atoms with Crippen LogP contribution >= 0.6 is 11.6 Å². The highest BCUT2D eigenvalue weighted by atomic mass is 35.5. The zero-order valence-electron chi connectivity index (χ0n) is 11.4. The summed E-state index contributed by atoms with van der Waals surface area (Å²) in [5, 5.41) is 13.6. The number of aliphatic hydroxyl groups excluding tert-OH is 1. The molecular weight excluding hydrogens is 262 g/mol. The number of nitrogens with one attached hydrogen (secondary N) is 1. The summed E-state index contributed by atoms with van der Waals surface area (Å²) in [6.45, 7) is 3.31. The molecule has 1 aromatic carbocycles. The summed E-state index contributed by atoms with van der Waals surface area (Å²) in [7, 11) is 1.99. The van der Waals surface area contributed by atoms with Crippen molar-refractivity contribution in [3.8, 4) is 0 Å². The summed E-state index contributed by atoms with van der Waals surface area (Å²) >= 11 is 5.96. The molecular formula is C14H20ClN3O. The van der Waals surface area contributed by atoms with Gasteiger partial charge in [0.05, 0.1) is 23.7 Å². The van der Waals surface area contributed by atoms with E-state index in [0.717, 1.165) is 29.7 Å². The Morgan fingerprint density at radius 3 is 3.00 bits per heavy atom. The maximum Gasteiger partial charge on any atom is 0.123 e. The first-order valence-electron chi connectivity index (χ1n) is 6.61. The van der Waals surface area contributed by atoms with Crippen LogP contribution in [-0.2, 0) is 13.6 Å². The number of aryl methyl sites for hydroxylation is 1. The molecule has 0 saturated carbocycles. The molecule has 2 N–H and O–H groups in total. The lowest BCUT2D eigenvalue weighted by molar-refractivity contribution is 0.160. The van der Waals surface area contributed by atoms with Crippen molar-refractivity contribution in [3.63, 3.8) is 0 Å². The fourth-order valence-corrected chi connectivity index (χ4v) is 2.33. The number of aliphatic hydroxyl groups is 1. The minimum Gasteiger partial charge on any atom is -0.392 e. The van der Waals surface area contributed by atoms with Crippen molar-refractivity contribution in [1.29, 1.82) is 0 Å². The second kappa shape index (κ2) is 6.37. The Bertz CT molecular complexity index is 553. The average molecular weight is 282 g/mol. The van der Waals surface area contributed by atoms with Gasteiger partial charge in [0.2, 0.25) is 0 Å². The highest BCUT2D eigenvalue weighted by Crippen LogP contribution is 2.19. The number of nitrogens with zero attached hydrogens (tertiary/aromatic N) is 2. The van der Waals surface area contributed by atoms with Crippen LogP contribution in [0.1, 0.15) is 25.6 Å². The van der Waals surface area contributed by atoms with Gasteiger partial charge in [0.1, 0.15) is 5.82 Å². The Labute approximate surface area is 118 Å². The first-order valence-corrected chi connectivity index (χ1v) is 6.99. The van der Waals surface area contributed by atoms with E-state index in [1.165, 1.54) is 0 Å². The Balaban J connectivity index is 2.03. The zero-order chi connectivity index (χ0) is 13.8. The molecule has 0 aliphatic carbocycles. The molecule has 5 heteroatoms. The van der Waals surface area contributed by atoms with Crippen molar-refractivity contribution < 1.29 is 5.11 Å². The summed E-state index contributed by atoms with van der Waals surface area (Å²) in [5.41, 5.74) is 1.97. The van der Waals surface area contributed by atoms with Crippen LogP contribution in [0.3, 0.4) is 0 Å². The number of halogens is 1. The molecule has 0 bridgehead atoms. The molecule has 0 fully saturated rings. The van der Waals surface area contributed by atoms with Crippen LogP contribution in [0.4, 0.5) is 0 Å². The number of hydrogen-bond donors (Lipinski definition) is 2. The van der Waals surface area contributed by atoms with Gasteiger partial charge < -0.3 is 15.0 Å². The molecule has 4 nitrogen and oxygen atoms in total. The van der Waals surface area contributed by atoms with E-state index in [2.05, 4.69) is 17.2 Å². The van der Waals surface area contributed by atoms with Crippen molar-refractivity contribution in [1.82, 2.24) is 14.9 Å². The van der Waals surface area contributed by atoms with E-state index in [-0.39, 0.29) is 6.10 Å². The molecule has 1 atom stereocenters. The molecule has 0 saturated heterocycles. The van der Waals surface area contributed by atoms with Gasteiger partial charge in [-0.05, 0) is 24.6 Å². The van der Waals surface area contributed by atoms with Gasteiger partial charge in [0.25, 0.3) is 0 Å². The van der Waals surface area contributed by atoms with Crippen LogP contribution in [0.25, 0.3) is 11.0 Å². The van der Waals surface area contributed by atoms with Gasteiger partial charge in [-0.15, -0.1) is 0 Å². The number of rotatable bonds is 6. The number of imidazole rings is 1. The van der Waals surface area contributed by atoms with E-state index in [4.69, 9.17) is 11.6 Å². The van der Waals surface area contributed by atoms with Gasteiger partial charge in [0.15, 0.2) is 0 Å². The Morgan fingerprint density at radius 2 is 2.26 bits per heavy atom. The topological polar surface area (TPSA) is 50.1 Å². The van der Waals surface area contributed by atoms with Crippen molar-refractivity contribution in [2.75, 3.05) is 6.54 Å². The number of benzene rings is 1. The van der Waals surface area contributed by atoms with E-state index in [1.54, 1.807) is 0 Å². The molecule has 104 valence electrons. The van der Waals surface area contributed by atoms with Crippen molar-refractivity contribution >= 4 is 22.6 Å². The zero-order valence-corrected chi connectivity index (χ0v) is 12.1. The second-order valence-corrected chi connectivity index (χ2v) is 5.23. The summed E-state index contributed by atoms with van der Waals surface area (Å²) in [5.74, 6) is 0.945. The van der Waals surface area contributed by atoms with Gasteiger partial charge >= 0.3 is 0 Å². The van der Waals surface area contributed by atoms with Crippen molar-refractivity contribution in [2.45, 2.75) is 32.4 Å². The predicted molar refractivity (Wildman–Crippen MR) is 78.3 cm³/mol. The molecule has 2 rings (SSSR count). The normalized spacial score (nSPS) is 13.1. The predicted octanol–water partition coefficient (Wildman–Crippen LogP) is 2.48. The summed E-state index contributed by atoms with van der Waals surface area (Å²) in [4.78, 5) is 4.55. The molecule has 1 aromatic heterocycles. The van der Waals surface area contributed by atoms with Crippen LogP contribution < -0.4 is 5.32 Å². The van der Waals surface area contributed by atoms with Gasteiger partial charge in [-0.1, -0.05) is 24.9 Å². The van der Waals surface area contributed by atoms with Crippen molar-refractivity contribution in [2.24, 2.45) is 7.05 Å². The first kappa shape index (κ1) is 14.3. The molecule has 0 radical (unpaired) electrons. The highest BCUT2D eigenvalue weighted by molar-refractivity contribution is 6.31. The fraction of sp³-hybridized carbons (Fsp3) is 0.500. The molecule has 0 spiro atoms. The van der Waals surface area contributed by atoms with Crippen LogP contribution in [0.15, 0.2) is 18.2 Å². The molecule has 2 aromatic rings. The van der Waals surface area contributed by atoms with E-state index < -0.39 is 0 Å². The van der Waals surface area contributed by atoms with Gasteiger partial charge in [-0.2, -0.15) is 0 Å². The van der Waals surface area contributed by atoms with Crippen LogP contribution in [-0.4, -0.2) is 27.3 Å². The Morgan fingerprint density at radius 1 is 1.47 bits per heavy atom. The van der Waals surface area contributed by atoms with Gasteiger partial charge in [0, 0.05) is 18.6 Å². The standard InChI is InChI=1S/C14H20ClN3O/c1-3-4-11(19)8-16-9-14-17-12-7-10(15)5-6-13(12)18(14)2/h5-7,11,16,19H,3-4,8-9H2,1-2H3. The van der Waals surface area contributed by atoms with Crippen LogP contribution in [0.2, 0.25) is 5.02 Å². The van der Waals surface area contributed by atoms with Crippen molar-refractivity contribution in [3.05, 3.63) is 29.0 Å². The highest BCUT2D eigenvalue weighted by Gasteiger charge is 2.08. The van der Waals surface area contributed by atoms with E-state index in [9.17, 15) is 5.11 Å². The lowest BCUT2D eigenvalue weighted by Gasteiger charge is -2.10. The summed E-state index contributed by atoms with van der Waals surface area (Å²) in [6.07, 6.45) is 1.54. The van der Waals surface area contributed by atoms with E-state index in [0.29, 0.717) is 18.1 Å². The quantitative estimate of drug-likeness (QED) is 0.855. The molecule has 19 heavy (non-hydrogen) atoms. The second-order valence-electron chi connectivity index (χ2n) is 4.79. The lowest BCUT2D eigenvalue weighted by Crippen LogP contribution is -2.27. The fourth-order valence-electron chi connectivity index (χ4n) is 2.17. The SMILES string of the molecule is CCCC(O)CNCc1nc2cc(Cl)ccc2n1C. The molecule has 1 heterocycles.